The number of halogens is 1. The molecule has 1 saturated heterocycles. The first-order valence-corrected chi connectivity index (χ1v) is 8.18. The minimum atomic E-state index is -0.481. The lowest BCUT2D eigenvalue weighted by Gasteiger charge is -2.10. The van der Waals surface area contributed by atoms with E-state index in [1.54, 1.807) is 30.2 Å². The molecular weight excluding hydrogens is 325 g/mol. The van der Waals surface area contributed by atoms with Crippen LogP contribution in [0, 0.1) is 5.82 Å². The Labute approximate surface area is 143 Å². The normalized spacial score (nSPS) is 17.3. The van der Waals surface area contributed by atoms with Gasteiger partial charge in [0.2, 0.25) is 0 Å². The molecule has 3 heterocycles. The molecule has 1 aliphatic rings. The molecule has 0 radical (unpaired) electrons. The van der Waals surface area contributed by atoms with Crippen molar-refractivity contribution < 1.29 is 13.9 Å². The Morgan fingerprint density at radius 2 is 2.36 bits per heavy atom. The first kappa shape index (κ1) is 15.8. The Balaban J connectivity index is 1.64. The van der Waals surface area contributed by atoms with Crippen molar-refractivity contribution >= 4 is 16.8 Å². The molecule has 1 atom stereocenters. The molecule has 2 aromatic heterocycles. The fourth-order valence-corrected chi connectivity index (χ4v) is 3.09. The minimum absolute atomic E-state index is 0.0424. The van der Waals surface area contributed by atoms with Crippen molar-refractivity contribution in [2.24, 2.45) is 7.05 Å². The maximum absolute atomic E-state index is 14.4. The number of carbonyl (C=O) groups excluding carboxylic acids is 1. The highest BCUT2D eigenvalue weighted by Crippen LogP contribution is 2.27. The standard InChI is InChI=1S/C17H18FN5O2/c1-23-9-11(7-20-23)10-5-13-15(14(18)6-10)21-22-16(13)17(24)19-8-12-3-2-4-25-12/h5-7,9,12H,2-4,8H2,1H3,(H,19,24)(H,21,22)/t12-/m1/s1. The van der Waals surface area contributed by atoms with E-state index in [1.165, 1.54) is 6.07 Å². The summed E-state index contributed by atoms with van der Waals surface area (Å²) in [5.74, 6) is -0.800. The zero-order valence-corrected chi connectivity index (χ0v) is 13.8. The number of H-pyrrole nitrogens is 1. The molecule has 1 aliphatic heterocycles. The van der Waals surface area contributed by atoms with Crippen LogP contribution in [0.2, 0.25) is 0 Å². The summed E-state index contributed by atoms with van der Waals surface area (Å²) in [5.41, 5.74) is 1.82. The van der Waals surface area contributed by atoms with Gasteiger partial charge in [0, 0.05) is 37.3 Å². The maximum Gasteiger partial charge on any atom is 0.270 e. The van der Waals surface area contributed by atoms with E-state index < -0.39 is 5.82 Å². The summed E-state index contributed by atoms with van der Waals surface area (Å²) in [4.78, 5) is 12.5. The predicted octanol–water partition coefficient (Wildman–Crippen LogP) is 2.01. The SMILES string of the molecule is Cn1cc(-c2cc(F)c3n[nH]c(C(=O)NC[C@H]4CCCO4)c3c2)cn1. The number of nitrogens with zero attached hydrogens (tertiary/aromatic N) is 3. The number of carbonyl (C=O) groups is 1. The fourth-order valence-electron chi connectivity index (χ4n) is 3.09. The Bertz CT molecular complexity index is 926. The van der Waals surface area contributed by atoms with Crippen LogP contribution in [0.15, 0.2) is 24.5 Å². The third-order valence-electron chi connectivity index (χ3n) is 4.39. The van der Waals surface area contributed by atoms with Gasteiger partial charge in [0.25, 0.3) is 5.91 Å². The molecule has 1 aromatic carbocycles. The third-order valence-corrected chi connectivity index (χ3v) is 4.39. The summed E-state index contributed by atoms with van der Waals surface area (Å²) in [6.45, 7) is 1.16. The predicted molar refractivity (Wildman–Crippen MR) is 89.6 cm³/mol. The number of nitrogens with one attached hydrogen (secondary N) is 2. The van der Waals surface area contributed by atoms with Gasteiger partial charge < -0.3 is 10.1 Å². The molecule has 3 aromatic rings. The zero-order chi connectivity index (χ0) is 17.4. The summed E-state index contributed by atoms with van der Waals surface area (Å²) >= 11 is 0. The van der Waals surface area contributed by atoms with E-state index in [0.717, 1.165) is 25.0 Å². The van der Waals surface area contributed by atoms with Crippen LogP contribution < -0.4 is 5.32 Å². The van der Waals surface area contributed by atoms with Gasteiger partial charge >= 0.3 is 0 Å². The second-order valence-corrected chi connectivity index (χ2v) is 6.20. The molecule has 0 bridgehead atoms. The molecule has 25 heavy (non-hydrogen) atoms. The molecule has 0 unspecified atom stereocenters. The monoisotopic (exact) mass is 343 g/mol. The highest BCUT2D eigenvalue weighted by molar-refractivity contribution is 6.05. The summed E-state index contributed by atoms with van der Waals surface area (Å²) in [7, 11) is 1.79. The van der Waals surface area contributed by atoms with Gasteiger partial charge in [-0.2, -0.15) is 10.2 Å². The highest BCUT2D eigenvalue weighted by Gasteiger charge is 2.20. The van der Waals surface area contributed by atoms with Crippen LogP contribution in [0.3, 0.4) is 0 Å². The Kier molecular flexibility index (Phi) is 3.96. The molecule has 0 spiro atoms. The van der Waals surface area contributed by atoms with Crippen LogP contribution in [-0.4, -0.2) is 45.1 Å². The highest BCUT2D eigenvalue weighted by atomic mass is 19.1. The first-order valence-electron chi connectivity index (χ1n) is 8.18. The lowest BCUT2D eigenvalue weighted by Crippen LogP contribution is -2.32. The summed E-state index contributed by atoms with van der Waals surface area (Å²) in [6.07, 6.45) is 5.42. The number of aryl methyl sites for hydroxylation is 1. The van der Waals surface area contributed by atoms with Crippen LogP contribution in [0.5, 0.6) is 0 Å². The van der Waals surface area contributed by atoms with Crippen molar-refractivity contribution in [3.05, 3.63) is 36.0 Å². The second-order valence-electron chi connectivity index (χ2n) is 6.20. The van der Waals surface area contributed by atoms with Crippen LogP contribution in [-0.2, 0) is 11.8 Å². The quantitative estimate of drug-likeness (QED) is 0.759. The van der Waals surface area contributed by atoms with Crippen molar-refractivity contribution in [2.45, 2.75) is 18.9 Å². The van der Waals surface area contributed by atoms with Gasteiger partial charge in [-0.3, -0.25) is 14.6 Å². The van der Waals surface area contributed by atoms with E-state index in [-0.39, 0.29) is 23.2 Å². The van der Waals surface area contributed by atoms with E-state index in [2.05, 4.69) is 20.6 Å². The van der Waals surface area contributed by atoms with Crippen LogP contribution >= 0.6 is 0 Å². The summed E-state index contributed by atoms with van der Waals surface area (Å²) in [5, 5.41) is 14.0. The average molecular weight is 343 g/mol. The molecular formula is C17H18FN5O2. The van der Waals surface area contributed by atoms with Crippen molar-refractivity contribution in [2.75, 3.05) is 13.2 Å². The van der Waals surface area contributed by atoms with Crippen molar-refractivity contribution in [1.29, 1.82) is 0 Å². The molecule has 7 nitrogen and oxygen atoms in total. The summed E-state index contributed by atoms with van der Waals surface area (Å²) < 4.78 is 21.5. The number of aromatic nitrogens is 4. The van der Waals surface area contributed by atoms with E-state index >= 15 is 0 Å². The van der Waals surface area contributed by atoms with Crippen molar-refractivity contribution in [3.63, 3.8) is 0 Å². The largest absolute Gasteiger partial charge is 0.376 e. The average Bonchev–Trinajstić information content (AvgIpc) is 3.32. The second kappa shape index (κ2) is 6.29. The first-order chi connectivity index (χ1) is 12.1. The van der Waals surface area contributed by atoms with Gasteiger partial charge in [-0.1, -0.05) is 0 Å². The number of fused-ring (bicyclic) bond motifs is 1. The van der Waals surface area contributed by atoms with Gasteiger partial charge in [0.15, 0.2) is 5.82 Å². The van der Waals surface area contributed by atoms with E-state index in [4.69, 9.17) is 4.74 Å². The van der Waals surface area contributed by atoms with E-state index in [9.17, 15) is 9.18 Å². The molecule has 2 N–H and O–H groups in total. The number of hydrogen-bond acceptors (Lipinski definition) is 4. The molecule has 1 fully saturated rings. The summed E-state index contributed by atoms with van der Waals surface area (Å²) in [6, 6.07) is 3.15. The van der Waals surface area contributed by atoms with E-state index in [1.807, 2.05) is 0 Å². The Morgan fingerprint density at radius 1 is 1.48 bits per heavy atom. The van der Waals surface area contributed by atoms with Crippen LogP contribution in [0.25, 0.3) is 22.0 Å². The molecule has 130 valence electrons. The molecule has 4 rings (SSSR count). The smallest absolute Gasteiger partial charge is 0.270 e. The van der Waals surface area contributed by atoms with Gasteiger partial charge in [0.05, 0.1) is 12.3 Å². The Morgan fingerprint density at radius 3 is 3.08 bits per heavy atom. The van der Waals surface area contributed by atoms with Crippen molar-refractivity contribution in [3.8, 4) is 11.1 Å². The lowest BCUT2D eigenvalue weighted by atomic mass is 10.1. The van der Waals surface area contributed by atoms with Gasteiger partial charge in [0.1, 0.15) is 11.2 Å². The van der Waals surface area contributed by atoms with E-state index in [0.29, 0.717) is 17.5 Å². The number of ether oxygens (including phenoxy) is 1. The number of aromatic amines is 1. The van der Waals surface area contributed by atoms with Gasteiger partial charge in [-0.15, -0.1) is 0 Å². The van der Waals surface area contributed by atoms with Crippen LogP contribution in [0.1, 0.15) is 23.3 Å². The lowest BCUT2D eigenvalue weighted by molar-refractivity contribution is 0.0855. The minimum Gasteiger partial charge on any atom is -0.376 e. The fraction of sp³-hybridized carbons (Fsp3) is 0.353. The molecule has 8 heteroatoms. The Hall–Kier alpha value is -2.74. The maximum atomic E-state index is 14.4. The number of benzene rings is 1. The number of amides is 1. The van der Waals surface area contributed by atoms with Gasteiger partial charge in [-0.25, -0.2) is 4.39 Å². The zero-order valence-electron chi connectivity index (χ0n) is 13.8. The number of rotatable bonds is 4. The van der Waals surface area contributed by atoms with Gasteiger partial charge in [-0.05, 0) is 30.5 Å². The molecule has 0 aliphatic carbocycles. The van der Waals surface area contributed by atoms with Crippen molar-refractivity contribution in [1.82, 2.24) is 25.3 Å². The molecule has 0 saturated carbocycles. The topological polar surface area (TPSA) is 84.8 Å². The number of hydrogen-bond donors (Lipinski definition) is 2. The third kappa shape index (κ3) is 3.00. The van der Waals surface area contributed by atoms with Crippen LogP contribution in [0.4, 0.5) is 4.39 Å². The molecule has 1 amide bonds.